The van der Waals surface area contributed by atoms with Crippen LogP contribution >= 0.6 is 0 Å². The summed E-state index contributed by atoms with van der Waals surface area (Å²) in [6.07, 6.45) is 0.621. The lowest BCUT2D eigenvalue weighted by Crippen LogP contribution is -2.50. The lowest BCUT2D eigenvalue weighted by atomic mass is 9.89. The number of carbonyl (C=O) groups excluding carboxylic acids is 2. The van der Waals surface area contributed by atoms with Gasteiger partial charge in [-0.3, -0.25) is 14.5 Å². The molecule has 2 atom stereocenters. The summed E-state index contributed by atoms with van der Waals surface area (Å²) >= 11 is 0. The van der Waals surface area contributed by atoms with E-state index in [0.29, 0.717) is 30.4 Å². The van der Waals surface area contributed by atoms with Crippen LogP contribution in [-0.4, -0.2) is 34.6 Å². The summed E-state index contributed by atoms with van der Waals surface area (Å²) in [5.74, 6) is -0.148. The second-order valence-corrected chi connectivity index (χ2v) is 9.66. The van der Waals surface area contributed by atoms with Crippen molar-refractivity contribution in [3.63, 3.8) is 0 Å². The molecule has 0 unspecified atom stereocenters. The predicted molar refractivity (Wildman–Crippen MR) is 153 cm³/mol. The molecule has 0 radical (unpaired) electrons. The first-order chi connectivity index (χ1) is 19.6. The lowest BCUT2D eigenvalue weighted by molar-refractivity contribution is -0.153. The Labute approximate surface area is 232 Å². The number of ether oxygens (including phenoxy) is 2. The van der Waals surface area contributed by atoms with Crippen molar-refractivity contribution in [1.82, 2.24) is 9.55 Å². The first kappa shape index (κ1) is 25.4. The smallest absolute Gasteiger partial charge is 0.321 e. The van der Waals surface area contributed by atoms with Crippen LogP contribution in [0.15, 0.2) is 109 Å². The molecule has 5 aromatic rings. The SMILES string of the molecule is CCOC(=O)[C@@H]1C(=O)N(CCc2ccccc2)c2nc3ccccc3n2[C@H]1c1cccc(Oc2ccccc2)c1. The number of imidazole rings is 1. The number of nitrogens with zero attached hydrogens (tertiary/aromatic N) is 3. The number of hydrogen-bond acceptors (Lipinski definition) is 5. The highest BCUT2D eigenvalue weighted by atomic mass is 16.5. The third-order valence-corrected chi connectivity index (χ3v) is 7.13. The molecule has 200 valence electrons. The van der Waals surface area contributed by atoms with Crippen LogP contribution in [0.4, 0.5) is 5.95 Å². The number of hydrogen-bond donors (Lipinski definition) is 0. The van der Waals surface area contributed by atoms with E-state index < -0.39 is 17.9 Å². The second-order valence-electron chi connectivity index (χ2n) is 9.66. The molecule has 0 spiro atoms. The van der Waals surface area contributed by atoms with Gasteiger partial charge in [-0.05, 0) is 60.9 Å². The predicted octanol–water partition coefficient (Wildman–Crippen LogP) is 6.19. The Morgan fingerprint density at radius 3 is 2.33 bits per heavy atom. The van der Waals surface area contributed by atoms with Gasteiger partial charge < -0.3 is 14.0 Å². The van der Waals surface area contributed by atoms with Gasteiger partial charge in [0.15, 0.2) is 5.92 Å². The zero-order valence-corrected chi connectivity index (χ0v) is 22.1. The van der Waals surface area contributed by atoms with Crippen molar-refractivity contribution < 1.29 is 19.1 Å². The number of fused-ring (bicyclic) bond motifs is 3. The van der Waals surface area contributed by atoms with Crippen LogP contribution in [-0.2, 0) is 20.7 Å². The van der Waals surface area contributed by atoms with Crippen molar-refractivity contribution in [3.8, 4) is 11.5 Å². The molecule has 0 N–H and O–H groups in total. The van der Waals surface area contributed by atoms with E-state index in [-0.39, 0.29) is 12.5 Å². The minimum absolute atomic E-state index is 0.175. The molecule has 4 aromatic carbocycles. The molecule has 0 saturated heterocycles. The van der Waals surface area contributed by atoms with E-state index >= 15 is 0 Å². The van der Waals surface area contributed by atoms with Crippen LogP contribution < -0.4 is 9.64 Å². The molecule has 2 heterocycles. The maximum Gasteiger partial charge on any atom is 0.321 e. The van der Waals surface area contributed by atoms with Crippen molar-refractivity contribution >= 4 is 28.9 Å². The van der Waals surface area contributed by atoms with Gasteiger partial charge in [-0.1, -0.05) is 72.8 Å². The number of para-hydroxylation sites is 3. The van der Waals surface area contributed by atoms with E-state index in [2.05, 4.69) is 0 Å². The van der Waals surface area contributed by atoms with Crippen LogP contribution in [0.3, 0.4) is 0 Å². The van der Waals surface area contributed by atoms with Crippen LogP contribution in [0.25, 0.3) is 11.0 Å². The molecule has 0 bridgehead atoms. The molecule has 7 heteroatoms. The molecular weight excluding hydrogens is 502 g/mol. The third-order valence-electron chi connectivity index (χ3n) is 7.13. The molecule has 1 aliphatic rings. The first-order valence-corrected chi connectivity index (χ1v) is 13.5. The summed E-state index contributed by atoms with van der Waals surface area (Å²) in [4.78, 5) is 34.2. The monoisotopic (exact) mass is 531 g/mol. The molecule has 0 saturated carbocycles. The molecule has 0 fully saturated rings. The van der Waals surface area contributed by atoms with Crippen molar-refractivity contribution in [2.45, 2.75) is 19.4 Å². The van der Waals surface area contributed by atoms with Crippen molar-refractivity contribution in [3.05, 3.63) is 120 Å². The van der Waals surface area contributed by atoms with E-state index in [0.717, 1.165) is 22.2 Å². The fourth-order valence-electron chi connectivity index (χ4n) is 5.33. The maximum absolute atomic E-state index is 14.2. The fraction of sp³-hybridized carbons (Fsp3) is 0.182. The fourth-order valence-corrected chi connectivity index (χ4v) is 5.33. The summed E-state index contributed by atoms with van der Waals surface area (Å²) in [6, 6.07) is 34.1. The quantitative estimate of drug-likeness (QED) is 0.176. The Morgan fingerprint density at radius 1 is 0.850 bits per heavy atom. The van der Waals surface area contributed by atoms with Gasteiger partial charge in [-0.15, -0.1) is 0 Å². The van der Waals surface area contributed by atoms with E-state index in [1.54, 1.807) is 11.8 Å². The zero-order valence-electron chi connectivity index (χ0n) is 22.1. The summed E-state index contributed by atoms with van der Waals surface area (Å²) < 4.78 is 13.6. The maximum atomic E-state index is 14.2. The van der Waals surface area contributed by atoms with E-state index in [1.165, 1.54) is 0 Å². The van der Waals surface area contributed by atoms with Crippen LogP contribution in [0.5, 0.6) is 11.5 Å². The number of benzene rings is 4. The number of esters is 1. The van der Waals surface area contributed by atoms with Gasteiger partial charge in [-0.25, -0.2) is 4.98 Å². The minimum atomic E-state index is -1.09. The number of carbonyl (C=O) groups is 2. The zero-order chi connectivity index (χ0) is 27.5. The molecule has 6 rings (SSSR count). The van der Waals surface area contributed by atoms with Gasteiger partial charge in [-0.2, -0.15) is 0 Å². The molecule has 1 amide bonds. The molecule has 0 aliphatic carbocycles. The minimum Gasteiger partial charge on any atom is -0.465 e. The van der Waals surface area contributed by atoms with E-state index in [9.17, 15) is 9.59 Å². The molecule has 1 aliphatic heterocycles. The highest BCUT2D eigenvalue weighted by Crippen LogP contribution is 2.42. The van der Waals surface area contributed by atoms with Crippen molar-refractivity contribution in [2.24, 2.45) is 5.92 Å². The number of anilines is 1. The van der Waals surface area contributed by atoms with Gasteiger partial charge >= 0.3 is 5.97 Å². The van der Waals surface area contributed by atoms with Gasteiger partial charge in [0.05, 0.1) is 23.7 Å². The molecule has 7 nitrogen and oxygen atoms in total. The topological polar surface area (TPSA) is 73.7 Å². The standard InChI is InChI=1S/C33H29N3O4/c1-2-39-32(38)29-30(24-14-11-17-26(22-24)40-25-15-7-4-8-16-25)36-28-19-10-9-18-27(28)34-33(36)35(31(29)37)21-20-23-12-5-3-6-13-23/h3-19,22,29-30H,2,20-21H2,1H3/t29-,30-/m0/s1. The summed E-state index contributed by atoms with van der Waals surface area (Å²) in [5, 5.41) is 0. The largest absolute Gasteiger partial charge is 0.465 e. The van der Waals surface area contributed by atoms with Gasteiger partial charge in [0, 0.05) is 6.54 Å². The molecule has 1 aromatic heterocycles. The first-order valence-electron chi connectivity index (χ1n) is 13.5. The van der Waals surface area contributed by atoms with E-state index in [4.69, 9.17) is 14.5 Å². The summed E-state index contributed by atoms with van der Waals surface area (Å²) in [7, 11) is 0. The highest BCUT2D eigenvalue weighted by molar-refractivity contribution is 6.08. The summed E-state index contributed by atoms with van der Waals surface area (Å²) in [6.45, 7) is 2.31. The van der Waals surface area contributed by atoms with Gasteiger partial charge in [0.1, 0.15) is 11.5 Å². The Balaban J connectivity index is 1.48. The Morgan fingerprint density at radius 2 is 1.55 bits per heavy atom. The van der Waals surface area contributed by atoms with Gasteiger partial charge in [0.25, 0.3) is 0 Å². The third kappa shape index (κ3) is 4.82. The summed E-state index contributed by atoms with van der Waals surface area (Å²) in [5.41, 5.74) is 3.44. The average Bonchev–Trinajstić information content (AvgIpc) is 3.36. The van der Waals surface area contributed by atoms with Crippen molar-refractivity contribution in [2.75, 3.05) is 18.1 Å². The van der Waals surface area contributed by atoms with Crippen LogP contribution in [0.1, 0.15) is 24.1 Å². The lowest BCUT2D eigenvalue weighted by Gasteiger charge is -2.38. The molecular formula is C33H29N3O4. The number of aromatic nitrogens is 2. The number of amides is 1. The normalized spacial score (nSPS) is 16.5. The second kappa shape index (κ2) is 11.1. The van der Waals surface area contributed by atoms with E-state index in [1.807, 2.05) is 114 Å². The Hall–Kier alpha value is -4.91. The van der Waals surface area contributed by atoms with Crippen LogP contribution in [0.2, 0.25) is 0 Å². The number of rotatable bonds is 8. The van der Waals surface area contributed by atoms with Crippen LogP contribution in [0, 0.1) is 5.92 Å². The Kier molecular flexibility index (Phi) is 7.02. The van der Waals surface area contributed by atoms with Crippen molar-refractivity contribution in [1.29, 1.82) is 0 Å². The average molecular weight is 532 g/mol. The Bertz CT molecular complexity index is 1650. The molecule has 40 heavy (non-hydrogen) atoms. The van der Waals surface area contributed by atoms with Gasteiger partial charge in [0.2, 0.25) is 11.9 Å². The highest BCUT2D eigenvalue weighted by Gasteiger charge is 2.47.